The molecule has 1 heterocycles. The Bertz CT molecular complexity index is 933. The summed E-state index contributed by atoms with van der Waals surface area (Å²) in [6.45, 7) is 4.74. The second kappa shape index (κ2) is 5.86. The summed E-state index contributed by atoms with van der Waals surface area (Å²) in [7, 11) is 1.59. The highest BCUT2D eigenvalue weighted by Crippen LogP contribution is 2.78. The number of rotatable bonds is 2. The summed E-state index contributed by atoms with van der Waals surface area (Å²) >= 11 is 0. The lowest BCUT2D eigenvalue weighted by Crippen LogP contribution is -2.55. The zero-order valence-corrected chi connectivity index (χ0v) is 18.1. The molecule has 0 N–H and O–H groups in total. The summed E-state index contributed by atoms with van der Waals surface area (Å²) in [4.78, 5) is 29.5. The summed E-state index contributed by atoms with van der Waals surface area (Å²) in [5, 5.41) is 4.19. The number of esters is 1. The van der Waals surface area contributed by atoms with Gasteiger partial charge in [-0.1, -0.05) is 36.2 Å². The van der Waals surface area contributed by atoms with Gasteiger partial charge in [0.15, 0.2) is 5.78 Å². The summed E-state index contributed by atoms with van der Waals surface area (Å²) in [6, 6.07) is 0. The average molecular weight is 410 g/mol. The third-order valence-corrected chi connectivity index (χ3v) is 9.92. The molecule has 0 bridgehead atoms. The standard InChI is InChI=1S/C25H31NO4/c1-23-7-4-16(27)11-15(23)10-14(13-26-29-3)21-18(23)5-8-24(2)22(21)17-12-19(17)25(24)9-6-20(28)30-25/h5,11,13-14,17,19,21-22H,4,6-10,12H2,1-3H3/b26-13+/t14-,17?,19-,21?,22?,23-,24-,25-/m0/s1. The highest BCUT2D eigenvalue weighted by Gasteiger charge is 2.78. The van der Waals surface area contributed by atoms with Crippen LogP contribution in [0.5, 0.6) is 0 Å². The normalized spacial score (nSPS) is 51.0. The number of hydrogen-bond acceptors (Lipinski definition) is 5. The fraction of sp³-hybridized carbons (Fsp3) is 0.720. The summed E-state index contributed by atoms with van der Waals surface area (Å²) in [5.41, 5.74) is 2.47. The van der Waals surface area contributed by atoms with Crippen LogP contribution < -0.4 is 0 Å². The predicted molar refractivity (Wildman–Crippen MR) is 111 cm³/mol. The lowest BCUT2D eigenvalue weighted by molar-refractivity contribution is -0.166. The van der Waals surface area contributed by atoms with Gasteiger partial charge in [0.1, 0.15) is 12.7 Å². The maximum absolute atomic E-state index is 12.2. The highest BCUT2D eigenvalue weighted by atomic mass is 16.6. The van der Waals surface area contributed by atoms with Gasteiger partial charge in [0.25, 0.3) is 0 Å². The van der Waals surface area contributed by atoms with Crippen LogP contribution in [0.15, 0.2) is 28.5 Å². The first-order valence-corrected chi connectivity index (χ1v) is 11.6. The van der Waals surface area contributed by atoms with Crippen LogP contribution in [0.25, 0.3) is 0 Å². The van der Waals surface area contributed by atoms with Crippen LogP contribution >= 0.6 is 0 Å². The van der Waals surface area contributed by atoms with E-state index in [1.165, 1.54) is 17.6 Å². The molecule has 4 fully saturated rings. The molecule has 6 aliphatic rings. The Morgan fingerprint density at radius 1 is 1.23 bits per heavy atom. The van der Waals surface area contributed by atoms with Gasteiger partial charge >= 0.3 is 5.97 Å². The van der Waals surface area contributed by atoms with Crippen molar-refractivity contribution < 1.29 is 19.2 Å². The molecular weight excluding hydrogens is 378 g/mol. The first kappa shape index (κ1) is 18.8. The van der Waals surface area contributed by atoms with Crippen molar-refractivity contribution in [2.24, 2.45) is 45.6 Å². The largest absolute Gasteiger partial charge is 0.458 e. The number of carbonyl (C=O) groups is 2. The van der Waals surface area contributed by atoms with E-state index in [-0.39, 0.29) is 34.1 Å². The average Bonchev–Trinajstić information content (AvgIpc) is 3.35. The van der Waals surface area contributed by atoms with Gasteiger partial charge in [-0.3, -0.25) is 9.59 Å². The molecule has 160 valence electrons. The monoisotopic (exact) mass is 409 g/mol. The van der Waals surface area contributed by atoms with Crippen molar-refractivity contribution in [2.75, 3.05) is 7.11 Å². The molecule has 0 aromatic rings. The SMILES string of the molecule is CO/N=C/[C@@H]1CC2=CC(=O)CC[C@]2(C)C2=CC[C@@]3(C)C(C21)C1C[C@@H]1[C@@]31CCC(=O)O1. The van der Waals surface area contributed by atoms with Crippen molar-refractivity contribution in [2.45, 2.75) is 64.4 Å². The number of ether oxygens (including phenoxy) is 1. The van der Waals surface area contributed by atoms with E-state index in [1.54, 1.807) is 7.11 Å². The molecule has 5 heteroatoms. The van der Waals surface area contributed by atoms with Crippen LogP contribution in [0.2, 0.25) is 0 Å². The van der Waals surface area contributed by atoms with Gasteiger partial charge in [0.05, 0.1) is 0 Å². The van der Waals surface area contributed by atoms with Gasteiger partial charge in [0.2, 0.25) is 0 Å². The van der Waals surface area contributed by atoms with Crippen LogP contribution in [-0.2, 0) is 19.2 Å². The Labute approximate surface area is 177 Å². The number of carbonyl (C=O) groups excluding carboxylic acids is 2. The van der Waals surface area contributed by atoms with Gasteiger partial charge in [-0.25, -0.2) is 0 Å². The molecule has 1 spiro atoms. The molecule has 0 aromatic heterocycles. The number of ketones is 1. The van der Waals surface area contributed by atoms with Gasteiger partial charge < -0.3 is 9.57 Å². The summed E-state index contributed by atoms with van der Waals surface area (Å²) < 4.78 is 6.20. The van der Waals surface area contributed by atoms with E-state index in [0.717, 1.165) is 25.7 Å². The molecular formula is C25H31NO4. The molecule has 0 radical (unpaired) electrons. The van der Waals surface area contributed by atoms with E-state index in [0.29, 0.717) is 36.5 Å². The molecule has 8 atom stereocenters. The zero-order chi connectivity index (χ0) is 20.9. The van der Waals surface area contributed by atoms with Crippen LogP contribution in [0.3, 0.4) is 0 Å². The van der Waals surface area contributed by atoms with Crippen molar-refractivity contribution in [3.05, 3.63) is 23.3 Å². The summed E-state index contributed by atoms with van der Waals surface area (Å²) in [5.74, 6) is 2.49. The Kier molecular flexibility index (Phi) is 3.68. The molecule has 3 unspecified atom stereocenters. The van der Waals surface area contributed by atoms with E-state index in [4.69, 9.17) is 9.57 Å². The molecule has 5 aliphatic carbocycles. The van der Waals surface area contributed by atoms with E-state index in [2.05, 4.69) is 25.1 Å². The van der Waals surface area contributed by atoms with Crippen LogP contribution in [0, 0.1) is 40.4 Å². The second-order valence-corrected chi connectivity index (χ2v) is 11.0. The fourth-order valence-corrected chi connectivity index (χ4v) is 8.53. The van der Waals surface area contributed by atoms with Gasteiger partial charge in [-0.05, 0) is 55.9 Å². The molecule has 30 heavy (non-hydrogen) atoms. The third-order valence-electron chi connectivity index (χ3n) is 9.92. The van der Waals surface area contributed by atoms with Crippen LogP contribution in [0.1, 0.15) is 58.8 Å². The number of allylic oxidation sites excluding steroid dienone is 4. The molecule has 0 aromatic carbocycles. The quantitative estimate of drug-likeness (QED) is 0.296. The zero-order valence-electron chi connectivity index (χ0n) is 18.1. The minimum Gasteiger partial charge on any atom is -0.458 e. The smallest absolute Gasteiger partial charge is 0.306 e. The molecule has 5 nitrogen and oxygen atoms in total. The first-order chi connectivity index (χ1) is 14.3. The topological polar surface area (TPSA) is 65.0 Å². The van der Waals surface area contributed by atoms with Gasteiger partial charge in [0, 0.05) is 41.7 Å². The number of hydrogen-bond donors (Lipinski definition) is 0. The highest BCUT2D eigenvalue weighted by molar-refractivity contribution is 5.92. The van der Waals surface area contributed by atoms with Gasteiger partial charge in [-0.15, -0.1) is 0 Å². The van der Waals surface area contributed by atoms with Crippen molar-refractivity contribution in [3.8, 4) is 0 Å². The minimum absolute atomic E-state index is 0.0118. The molecule has 0 amide bonds. The first-order valence-electron chi connectivity index (χ1n) is 11.6. The van der Waals surface area contributed by atoms with E-state index in [9.17, 15) is 9.59 Å². The van der Waals surface area contributed by atoms with E-state index < -0.39 is 0 Å². The number of oxime groups is 1. The summed E-state index contributed by atoms with van der Waals surface area (Å²) in [6.07, 6.45) is 12.4. The Morgan fingerprint density at radius 3 is 2.80 bits per heavy atom. The van der Waals surface area contributed by atoms with Crippen molar-refractivity contribution in [1.29, 1.82) is 0 Å². The fourth-order valence-electron chi connectivity index (χ4n) is 8.53. The molecule has 6 rings (SSSR count). The Balaban J connectivity index is 1.49. The van der Waals surface area contributed by atoms with Crippen LogP contribution in [0.4, 0.5) is 0 Å². The molecule has 3 saturated carbocycles. The second-order valence-electron chi connectivity index (χ2n) is 11.0. The lowest BCUT2D eigenvalue weighted by atomic mass is 9.47. The van der Waals surface area contributed by atoms with Crippen molar-refractivity contribution >= 4 is 18.0 Å². The van der Waals surface area contributed by atoms with Crippen molar-refractivity contribution in [1.82, 2.24) is 0 Å². The minimum atomic E-state index is -0.274. The Morgan fingerprint density at radius 2 is 2.07 bits per heavy atom. The van der Waals surface area contributed by atoms with E-state index in [1.807, 2.05) is 12.3 Å². The van der Waals surface area contributed by atoms with Crippen LogP contribution in [-0.4, -0.2) is 30.7 Å². The number of nitrogens with zero attached hydrogens (tertiary/aromatic N) is 1. The van der Waals surface area contributed by atoms with Gasteiger partial charge in [-0.2, -0.15) is 0 Å². The maximum atomic E-state index is 12.2. The predicted octanol–water partition coefficient (Wildman–Crippen LogP) is 4.23. The van der Waals surface area contributed by atoms with Crippen molar-refractivity contribution in [3.63, 3.8) is 0 Å². The molecule has 1 saturated heterocycles. The Hall–Kier alpha value is -1.91. The maximum Gasteiger partial charge on any atom is 0.306 e. The van der Waals surface area contributed by atoms with E-state index >= 15 is 0 Å². The molecule has 1 aliphatic heterocycles. The lowest BCUT2D eigenvalue weighted by Gasteiger charge is -2.57. The number of fused-ring (bicyclic) bond motifs is 9. The third kappa shape index (κ3) is 2.12.